The van der Waals surface area contributed by atoms with Gasteiger partial charge >= 0.3 is 6.18 Å². The van der Waals surface area contributed by atoms with Crippen molar-refractivity contribution in [3.8, 4) is 0 Å². The lowest BCUT2D eigenvalue weighted by atomic mass is 10.0. The number of hydrogen-bond donors (Lipinski definition) is 0. The topological polar surface area (TPSA) is 0 Å². The first-order valence-corrected chi connectivity index (χ1v) is 7.75. The molecule has 0 heterocycles. The van der Waals surface area contributed by atoms with Gasteiger partial charge in [-0.1, -0.05) is 39.8 Å². The SMILES string of the molecule is CC(C)c1ccc(C(F)(F)F)c(F)c1.CC(C)c1ccc(F)c(F)c1. The molecule has 0 unspecified atom stereocenters. The Morgan fingerprint density at radius 3 is 1.44 bits per heavy atom. The summed E-state index contributed by atoms with van der Waals surface area (Å²) in [5.74, 6) is -2.49. The summed E-state index contributed by atoms with van der Waals surface area (Å²) >= 11 is 0. The Kier molecular flexibility index (Phi) is 7.08. The maximum absolute atomic E-state index is 13.0. The van der Waals surface area contributed by atoms with E-state index in [1.165, 1.54) is 12.1 Å². The smallest absolute Gasteiger partial charge is 0.206 e. The van der Waals surface area contributed by atoms with Crippen LogP contribution in [0.4, 0.5) is 26.3 Å². The number of alkyl halides is 3. The van der Waals surface area contributed by atoms with Gasteiger partial charge in [0.25, 0.3) is 0 Å². The van der Waals surface area contributed by atoms with Crippen LogP contribution in [0.1, 0.15) is 56.2 Å². The molecule has 6 heteroatoms. The molecule has 0 bridgehead atoms. The quantitative estimate of drug-likeness (QED) is 0.502. The number of benzene rings is 2. The lowest BCUT2D eigenvalue weighted by molar-refractivity contribution is -0.140. The zero-order valence-corrected chi connectivity index (χ0v) is 14.4. The summed E-state index contributed by atoms with van der Waals surface area (Å²) in [6.07, 6.45) is -4.61. The second kappa shape index (κ2) is 8.41. The summed E-state index contributed by atoms with van der Waals surface area (Å²) in [6, 6.07) is 7.02. The summed E-state index contributed by atoms with van der Waals surface area (Å²) in [5, 5.41) is 0. The number of hydrogen-bond acceptors (Lipinski definition) is 0. The van der Waals surface area contributed by atoms with Gasteiger partial charge in [0, 0.05) is 0 Å². The second-order valence-corrected chi connectivity index (χ2v) is 6.22. The molecule has 2 aromatic carbocycles. The lowest BCUT2D eigenvalue weighted by Crippen LogP contribution is -2.08. The summed E-state index contributed by atoms with van der Waals surface area (Å²) in [7, 11) is 0. The first-order chi connectivity index (χ1) is 11.4. The van der Waals surface area contributed by atoms with Gasteiger partial charge in [0.05, 0.1) is 5.56 Å². The third-order valence-corrected chi connectivity index (χ3v) is 3.58. The van der Waals surface area contributed by atoms with Crippen LogP contribution in [0.15, 0.2) is 36.4 Å². The van der Waals surface area contributed by atoms with Crippen LogP contribution < -0.4 is 0 Å². The van der Waals surface area contributed by atoms with Crippen molar-refractivity contribution in [2.75, 3.05) is 0 Å². The van der Waals surface area contributed by atoms with Gasteiger partial charge in [-0.3, -0.25) is 0 Å². The molecule has 2 aromatic rings. The Bertz CT molecular complexity index is 702. The fourth-order valence-corrected chi connectivity index (χ4v) is 1.99. The van der Waals surface area contributed by atoms with Crippen molar-refractivity contribution in [3.05, 3.63) is 70.5 Å². The van der Waals surface area contributed by atoms with Crippen LogP contribution in [0.3, 0.4) is 0 Å². The number of rotatable bonds is 2. The van der Waals surface area contributed by atoms with Crippen molar-refractivity contribution >= 4 is 0 Å². The van der Waals surface area contributed by atoms with Crippen molar-refractivity contribution in [2.24, 2.45) is 0 Å². The van der Waals surface area contributed by atoms with Crippen LogP contribution in [-0.2, 0) is 6.18 Å². The van der Waals surface area contributed by atoms with E-state index in [9.17, 15) is 26.3 Å². The average molecular weight is 362 g/mol. The highest BCUT2D eigenvalue weighted by molar-refractivity contribution is 5.28. The summed E-state index contributed by atoms with van der Waals surface area (Å²) < 4.78 is 74.4. The fourth-order valence-electron chi connectivity index (χ4n) is 1.99. The van der Waals surface area contributed by atoms with Crippen molar-refractivity contribution in [3.63, 3.8) is 0 Å². The molecule has 0 N–H and O–H groups in total. The van der Waals surface area contributed by atoms with E-state index in [4.69, 9.17) is 0 Å². The summed E-state index contributed by atoms with van der Waals surface area (Å²) in [5.41, 5.74) is 0.182. The highest BCUT2D eigenvalue weighted by Crippen LogP contribution is 2.32. The molecule has 0 fully saturated rings. The molecule has 0 saturated carbocycles. The third kappa shape index (κ3) is 6.11. The molecule has 0 aliphatic carbocycles. The minimum absolute atomic E-state index is 0.0202. The lowest BCUT2D eigenvalue weighted by Gasteiger charge is -2.10. The first kappa shape index (κ1) is 21.1. The Labute approximate surface area is 143 Å². The molecule has 0 aromatic heterocycles. The zero-order chi connectivity index (χ0) is 19.4. The third-order valence-electron chi connectivity index (χ3n) is 3.58. The van der Waals surface area contributed by atoms with Crippen molar-refractivity contribution in [1.82, 2.24) is 0 Å². The molecule has 138 valence electrons. The minimum Gasteiger partial charge on any atom is -0.206 e. The monoisotopic (exact) mass is 362 g/mol. The Morgan fingerprint density at radius 2 is 1.08 bits per heavy atom. The van der Waals surface area contributed by atoms with Crippen LogP contribution in [0.2, 0.25) is 0 Å². The van der Waals surface area contributed by atoms with E-state index in [0.717, 1.165) is 23.8 Å². The van der Waals surface area contributed by atoms with E-state index in [2.05, 4.69) is 0 Å². The first-order valence-electron chi connectivity index (χ1n) is 7.75. The van der Waals surface area contributed by atoms with E-state index in [1.807, 2.05) is 13.8 Å². The molecule has 0 aliphatic heterocycles. The van der Waals surface area contributed by atoms with E-state index >= 15 is 0 Å². The minimum atomic E-state index is -4.61. The van der Waals surface area contributed by atoms with Gasteiger partial charge < -0.3 is 0 Å². The maximum Gasteiger partial charge on any atom is 0.419 e. The van der Waals surface area contributed by atoms with E-state index < -0.39 is 29.2 Å². The molecule has 0 aliphatic rings. The summed E-state index contributed by atoms with van der Waals surface area (Å²) in [4.78, 5) is 0. The van der Waals surface area contributed by atoms with Crippen LogP contribution in [-0.4, -0.2) is 0 Å². The average Bonchev–Trinajstić information content (AvgIpc) is 2.49. The highest BCUT2D eigenvalue weighted by Gasteiger charge is 2.33. The Balaban J connectivity index is 0.000000257. The Morgan fingerprint density at radius 1 is 0.640 bits per heavy atom. The molecule has 0 saturated heterocycles. The zero-order valence-electron chi connectivity index (χ0n) is 14.4. The summed E-state index contributed by atoms with van der Waals surface area (Å²) in [6.45, 7) is 7.46. The molecule has 25 heavy (non-hydrogen) atoms. The molecule has 0 nitrogen and oxygen atoms in total. The van der Waals surface area contributed by atoms with Crippen molar-refractivity contribution in [1.29, 1.82) is 0 Å². The number of halogens is 6. The van der Waals surface area contributed by atoms with Gasteiger partial charge in [-0.05, 0) is 47.2 Å². The van der Waals surface area contributed by atoms with Crippen LogP contribution >= 0.6 is 0 Å². The standard InChI is InChI=1S/C10H10F4.C9H10F2/c1-6(2)7-3-4-8(9(11)5-7)10(12,13)14;1-6(2)7-3-4-8(10)9(11)5-7/h3-6H,1-2H3;3-6H,1-2H3. The predicted molar refractivity (Wildman–Crippen MR) is 85.9 cm³/mol. The van der Waals surface area contributed by atoms with Crippen LogP contribution in [0.5, 0.6) is 0 Å². The fraction of sp³-hybridized carbons (Fsp3) is 0.368. The molecule has 0 atom stereocenters. The second-order valence-electron chi connectivity index (χ2n) is 6.22. The van der Waals surface area contributed by atoms with E-state index in [1.54, 1.807) is 19.9 Å². The Hall–Kier alpha value is -1.98. The normalized spacial score (nSPS) is 11.5. The molecule has 2 rings (SSSR count). The molecule has 0 radical (unpaired) electrons. The van der Waals surface area contributed by atoms with Crippen molar-refractivity contribution in [2.45, 2.75) is 45.7 Å². The van der Waals surface area contributed by atoms with Gasteiger partial charge in [0.1, 0.15) is 5.82 Å². The molecular weight excluding hydrogens is 342 g/mol. The molecular formula is C19H20F6. The van der Waals surface area contributed by atoms with Gasteiger partial charge in [-0.25, -0.2) is 13.2 Å². The van der Waals surface area contributed by atoms with Crippen LogP contribution in [0.25, 0.3) is 0 Å². The van der Waals surface area contributed by atoms with E-state index in [0.29, 0.717) is 5.56 Å². The van der Waals surface area contributed by atoms with Crippen LogP contribution in [0, 0.1) is 17.5 Å². The maximum atomic E-state index is 13.0. The van der Waals surface area contributed by atoms with Gasteiger partial charge in [0.15, 0.2) is 11.6 Å². The molecule has 0 spiro atoms. The largest absolute Gasteiger partial charge is 0.419 e. The van der Waals surface area contributed by atoms with E-state index in [-0.39, 0.29) is 11.8 Å². The van der Waals surface area contributed by atoms with Crippen molar-refractivity contribution < 1.29 is 26.3 Å². The van der Waals surface area contributed by atoms with Gasteiger partial charge in [0.2, 0.25) is 0 Å². The highest BCUT2D eigenvalue weighted by atomic mass is 19.4. The van der Waals surface area contributed by atoms with Gasteiger partial charge in [-0.15, -0.1) is 0 Å². The van der Waals surface area contributed by atoms with Gasteiger partial charge in [-0.2, -0.15) is 13.2 Å². The molecule has 0 amide bonds. The predicted octanol–water partition coefficient (Wildman–Crippen LogP) is 7.06.